The number of nitrogens with one attached hydrogen (secondary N) is 2. The van der Waals surface area contributed by atoms with Crippen molar-refractivity contribution in [1.82, 2.24) is 20.6 Å². The summed E-state index contributed by atoms with van der Waals surface area (Å²) in [6.07, 6.45) is -7.39. The normalized spacial score (nSPS) is 13.8. The molecule has 0 saturated carbocycles. The lowest BCUT2D eigenvalue weighted by Gasteiger charge is -2.21. The highest BCUT2D eigenvalue weighted by Gasteiger charge is 2.37. The summed E-state index contributed by atoms with van der Waals surface area (Å²) < 4.78 is 83.8. The Hall–Kier alpha value is -3.15. The van der Waals surface area contributed by atoms with Crippen LogP contribution in [0.2, 0.25) is 0 Å². The van der Waals surface area contributed by atoms with E-state index in [1.807, 2.05) is 0 Å². The minimum Gasteiger partial charge on any atom is -0.383 e. The summed E-state index contributed by atoms with van der Waals surface area (Å²) in [6, 6.07) is -0.0100. The van der Waals surface area contributed by atoms with Gasteiger partial charge in [-0.05, 0) is 37.6 Å². The molecule has 0 spiro atoms. The average molecular weight is 476 g/mol. The second kappa shape index (κ2) is 10.2. The van der Waals surface area contributed by atoms with Gasteiger partial charge >= 0.3 is 12.4 Å². The Labute approximate surface area is 186 Å². The van der Waals surface area contributed by atoms with Crippen LogP contribution in [0.1, 0.15) is 52.8 Å². The fraction of sp³-hybridized carbons (Fsp3) is 0.381. The van der Waals surface area contributed by atoms with E-state index in [1.165, 1.54) is 26.4 Å². The molecule has 12 heteroatoms. The van der Waals surface area contributed by atoms with Crippen LogP contribution >= 0.6 is 0 Å². The van der Waals surface area contributed by atoms with Gasteiger partial charge in [-0.1, -0.05) is 6.58 Å². The summed E-state index contributed by atoms with van der Waals surface area (Å²) in [6.45, 7) is 7.03. The van der Waals surface area contributed by atoms with Gasteiger partial charge in [0.05, 0.1) is 29.5 Å². The van der Waals surface area contributed by atoms with Crippen LogP contribution < -0.4 is 10.6 Å². The van der Waals surface area contributed by atoms with Crippen LogP contribution in [0.4, 0.5) is 26.3 Å². The van der Waals surface area contributed by atoms with Crippen LogP contribution in [-0.4, -0.2) is 35.6 Å². The minimum atomic E-state index is -4.99. The first kappa shape index (κ1) is 26.1. The molecule has 2 unspecified atom stereocenters. The number of benzene rings is 1. The zero-order valence-electron chi connectivity index (χ0n) is 17.9. The standard InChI is InChI=1S/C21H22F6N4O2/c1-11(10-33-4)30-19(32)18-17(28-5-6-29-18)13(3)31-12(2)14-7-15(20(22,23)24)9-16(8-14)21(25,26)27/h5-9,11,13,31H,2,10H2,1,3-4H3,(H,30,32). The Morgan fingerprint density at radius 3 is 2.06 bits per heavy atom. The van der Waals surface area contributed by atoms with E-state index in [0.717, 1.165) is 0 Å². The first-order valence-electron chi connectivity index (χ1n) is 9.60. The quantitative estimate of drug-likeness (QED) is 0.545. The Bertz CT molecular complexity index is 975. The number of alkyl halides is 6. The van der Waals surface area contributed by atoms with E-state index in [2.05, 4.69) is 27.2 Å². The van der Waals surface area contributed by atoms with Gasteiger partial charge in [0.1, 0.15) is 0 Å². The number of rotatable bonds is 8. The van der Waals surface area contributed by atoms with Gasteiger partial charge in [-0.15, -0.1) is 0 Å². The molecule has 1 amide bonds. The summed E-state index contributed by atoms with van der Waals surface area (Å²) >= 11 is 0. The third-order valence-electron chi connectivity index (χ3n) is 4.47. The Morgan fingerprint density at radius 2 is 1.55 bits per heavy atom. The monoisotopic (exact) mass is 476 g/mol. The lowest BCUT2D eigenvalue weighted by molar-refractivity contribution is -0.143. The van der Waals surface area contributed by atoms with Crippen molar-refractivity contribution in [2.75, 3.05) is 13.7 Å². The van der Waals surface area contributed by atoms with E-state index in [-0.39, 0.29) is 35.8 Å². The fourth-order valence-electron chi connectivity index (χ4n) is 2.97. The van der Waals surface area contributed by atoms with Crippen molar-refractivity contribution in [3.8, 4) is 0 Å². The molecule has 2 atom stereocenters. The van der Waals surface area contributed by atoms with Crippen molar-refractivity contribution in [1.29, 1.82) is 0 Å². The molecule has 1 aromatic heterocycles. The number of aromatic nitrogens is 2. The van der Waals surface area contributed by atoms with Crippen molar-refractivity contribution in [2.45, 2.75) is 38.3 Å². The average Bonchev–Trinajstić information content (AvgIpc) is 2.72. The maximum atomic E-state index is 13.1. The number of nitrogens with zero attached hydrogens (tertiary/aromatic N) is 2. The molecular formula is C21H22F6N4O2. The van der Waals surface area contributed by atoms with Crippen molar-refractivity contribution in [2.24, 2.45) is 0 Å². The van der Waals surface area contributed by atoms with E-state index in [1.54, 1.807) is 6.92 Å². The molecule has 33 heavy (non-hydrogen) atoms. The predicted octanol–water partition coefficient (Wildman–Crippen LogP) is 4.60. The zero-order chi connectivity index (χ0) is 25.0. The SMILES string of the molecule is C=C(NC(C)c1nccnc1C(=O)NC(C)COC)c1cc(C(F)(F)F)cc(C(F)(F)F)c1. The van der Waals surface area contributed by atoms with Crippen molar-refractivity contribution in [3.63, 3.8) is 0 Å². The third-order valence-corrected chi connectivity index (χ3v) is 4.47. The molecule has 6 nitrogen and oxygen atoms in total. The molecule has 1 aromatic carbocycles. The summed E-state index contributed by atoms with van der Waals surface area (Å²) in [5.41, 5.74) is -3.49. The number of hydrogen-bond acceptors (Lipinski definition) is 5. The predicted molar refractivity (Wildman–Crippen MR) is 108 cm³/mol. The van der Waals surface area contributed by atoms with Gasteiger partial charge < -0.3 is 15.4 Å². The number of carbonyl (C=O) groups is 1. The smallest absolute Gasteiger partial charge is 0.383 e. The van der Waals surface area contributed by atoms with Crippen LogP contribution in [0.5, 0.6) is 0 Å². The van der Waals surface area contributed by atoms with Crippen molar-refractivity contribution >= 4 is 11.6 Å². The number of carbonyl (C=O) groups excluding carboxylic acids is 1. The summed E-state index contributed by atoms with van der Waals surface area (Å²) in [4.78, 5) is 20.6. The molecule has 0 aliphatic heterocycles. The van der Waals surface area contributed by atoms with E-state index in [4.69, 9.17) is 4.74 Å². The minimum absolute atomic E-state index is 0.0342. The largest absolute Gasteiger partial charge is 0.416 e. The summed E-state index contributed by atoms with van der Waals surface area (Å²) in [5.74, 6) is -0.569. The number of amides is 1. The topological polar surface area (TPSA) is 76.1 Å². The van der Waals surface area contributed by atoms with Gasteiger partial charge in [-0.25, -0.2) is 4.98 Å². The maximum Gasteiger partial charge on any atom is 0.416 e. The lowest BCUT2D eigenvalue weighted by atomic mass is 10.0. The van der Waals surface area contributed by atoms with Gasteiger partial charge in [0, 0.05) is 31.2 Å². The second-order valence-electron chi connectivity index (χ2n) is 7.26. The molecule has 0 saturated heterocycles. The molecule has 0 bridgehead atoms. The molecule has 2 rings (SSSR count). The van der Waals surface area contributed by atoms with Crippen LogP contribution in [-0.2, 0) is 17.1 Å². The molecule has 0 aliphatic rings. The molecule has 1 heterocycles. The molecule has 2 aromatic rings. The molecule has 0 fully saturated rings. The van der Waals surface area contributed by atoms with E-state index in [9.17, 15) is 31.1 Å². The second-order valence-corrected chi connectivity index (χ2v) is 7.26. The van der Waals surface area contributed by atoms with Crippen LogP contribution in [0.15, 0.2) is 37.2 Å². The Morgan fingerprint density at radius 1 is 1.00 bits per heavy atom. The van der Waals surface area contributed by atoms with Gasteiger partial charge in [0.15, 0.2) is 5.69 Å². The molecule has 2 N–H and O–H groups in total. The van der Waals surface area contributed by atoms with Crippen molar-refractivity contribution < 1.29 is 35.9 Å². The van der Waals surface area contributed by atoms with Crippen LogP contribution in [0, 0.1) is 0 Å². The zero-order valence-corrected chi connectivity index (χ0v) is 17.9. The van der Waals surface area contributed by atoms with Gasteiger partial charge in [0.2, 0.25) is 0 Å². The van der Waals surface area contributed by atoms with Crippen LogP contribution in [0.3, 0.4) is 0 Å². The van der Waals surface area contributed by atoms with E-state index < -0.39 is 41.0 Å². The molecular weight excluding hydrogens is 454 g/mol. The van der Waals surface area contributed by atoms with E-state index >= 15 is 0 Å². The van der Waals surface area contributed by atoms with Gasteiger partial charge in [-0.3, -0.25) is 9.78 Å². The Kier molecular flexibility index (Phi) is 8.06. The molecule has 0 radical (unpaired) electrons. The summed E-state index contributed by atoms with van der Waals surface area (Å²) in [5, 5.41) is 5.37. The number of ether oxygens (including phenoxy) is 1. The molecule has 0 aliphatic carbocycles. The van der Waals surface area contributed by atoms with Gasteiger partial charge in [-0.2, -0.15) is 26.3 Å². The lowest BCUT2D eigenvalue weighted by Crippen LogP contribution is -2.37. The first-order chi connectivity index (χ1) is 15.2. The first-order valence-corrected chi connectivity index (χ1v) is 9.60. The van der Waals surface area contributed by atoms with Crippen molar-refractivity contribution in [3.05, 3.63) is 65.2 Å². The van der Waals surface area contributed by atoms with Gasteiger partial charge in [0.25, 0.3) is 5.91 Å². The highest BCUT2D eigenvalue weighted by atomic mass is 19.4. The fourth-order valence-corrected chi connectivity index (χ4v) is 2.97. The number of halogens is 6. The number of hydrogen-bond donors (Lipinski definition) is 2. The maximum absolute atomic E-state index is 13.1. The summed E-state index contributed by atoms with van der Waals surface area (Å²) in [7, 11) is 1.46. The van der Waals surface area contributed by atoms with Crippen LogP contribution in [0.25, 0.3) is 5.70 Å². The number of methoxy groups -OCH3 is 1. The highest BCUT2D eigenvalue weighted by Crippen LogP contribution is 2.37. The third kappa shape index (κ3) is 6.91. The highest BCUT2D eigenvalue weighted by molar-refractivity contribution is 5.93. The molecule has 180 valence electrons. The Balaban J connectivity index is 2.33. The van der Waals surface area contributed by atoms with E-state index in [0.29, 0.717) is 12.1 Å².